The molecule has 150 valence electrons. The summed E-state index contributed by atoms with van der Waals surface area (Å²) in [6, 6.07) is 34.7. The van der Waals surface area contributed by atoms with Crippen molar-refractivity contribution in [3.8, 4) is 28.5 Å². The van der Waals surface area contributed by atoms with E-state index in [0.717, 1.165) is 33.9 Å². The van der Waals surface area contributed by atoms with Crippen LogP contribution < -0.4 is 4.57 Å². The van der Waals surface area contributed by atoms with Gasteiger partial charge in [0, 0.05) is 23.6 Å². The Morgan fingerprint density at radius 2 is 1.58 bits per heavy atom. The maximum absolute atomic E-state index is 10.2. The summed E-state index contributed by atoms with van der Waals surface area (Å²) in [5, 5.41) is 11.2. The van der Waals surface area contributed by atoms with Crippen LogP contribution in [-0.2, 0) is 6.42 Å². The average Bonchev–Trinajstić information content (AvgIpc) is 3.23. The molecule has 0 bridgehead atoms. The van der Waals surface area contributed by atoms with Crippen molar-refractivity contribution in [2.75, 3.05) is 5.75 Å². The largest absolute Gasteiger partial charge is 0.259 e. The molecule has 4 aromatic rings. The topological polar surface area (TPSA) is 27.7 Å². The fourth-order valence-corrected chi connectivity index (χ4v) is 5.62. The molecule has 0 fully saturated rings. The number of aryl methyl sites for hydroxylation is 1. The second-order valence-corrected chi connectivity index (χ2v) is 9.00. The van der Waals surface area contributed by atoms with Crippen molar-refractivity contribution < 1.29 is 4.57 Å². The molecule has 3 heteroatoms. The molecule has 1 aromatic heterocycles. The van der Waals surface area contributed by atoms with E-state index in [1.165, 1.54) is 22.4 Å². The quantitative estimate of drug-likeness (QED) is 0.359. The maximum Gasteiger partial charge on any atom is 0.259 e. The first-order valence-electron chi connectivity index (χ1n) is 10.6. The number of pyridine rings is 1. The fourth-order valence-electron chi connectivity index (χ4n) is 4.31. The van der Waals surface area contributed by atoms with Gasteiger partial charge in [0.1, 0.15) is 11.6 Å². The van der Waals surface area contributed by atoms with Crippen molar-refractivity contribution in [1.82, 2.24) is 0 Å². The molecule has 1 aliphatic rings. The lowest BCUT2D eigenvalue weighted by molar-refractivity contribution is -0.737. The molecule has 0 spiro atoms. The molecule has 0 radical (unpaired) electrons. The molecule has 5 rings (SSSR count). The Kier molecular flexibility index (Phi) is 5.32. The normalized spacial score (nSPS) is 14.8. The highest BCUT2D eigenvalue weighted by Crippen LogP contribution is 2.39. The van der Waals surface area contributed by atoms with Crippen molar-refractivity contribution in [1.29, 1.82) is 5.26 Å². The van der Waals surface area contributed by atoms with Gasteiger partial charge in [0.2, 0.25) is 5.69 Å². The van der Waals surface area contributed by atoms with Gasteiger partial charge in [-0.3, -0.25) is 0 Å². The SMILES string of the molecule is Cc1ccc(-c2cc(-c3ccccc3)[n+]3c(c2C#N)SCC3Cc2ccccc2)cc1. The molecule has 1 unspecified atom stereocenters. The highest BCUT2D eigenvalue weighted by Gasteiger charge is 2.39. The van der Waals surface area contributed by atoms with Gasteiger partial charge in [-0.15, -0.1) is 0 Å². The van der Waals surface area contributed by atoms with Crippen LogP contribution >= 0.6 is 11.8 Å². The second kappa shape index (κ2) is 8.41. The molecule has 31 heavy (non-hydrogen) atoms. The number of nitriles is 1. The Morgan fingerprint density at radius 3 is 2.26 bits per heavy atom. The molecule has 0 N–H and O–H groups in total. The van der Waals surface area contributed by atoms with E-state index in [9.17, 15) is 5.26 Å². The third kappa shape index (κ3) is 3.76. The molecule has 0 saturated heterocycles. The van der Waals surface area contributed by atoms with Gasteiger partial charge >= 0.3 is 0 Å². The van der Waals surface area contributed by atoms with Crippen LogP contribution in [0.3, 0.4) is 0 Å². The predicted octanol–water partition coefficient (Wildman–Crippen LogP) is 6.38. The monoisotopic (exact) mass is 419 g/mol. The zero-order valence-corrected chi connectivity index (χ0v) is 18.3. The number of fused-ring (bicyclic) bond motifs is 1. The fraction of sp³-hybridized carbons (Fsp3) is 0.143. The first-order valence-corrected chi connectivity index (χ1v) is 11.5. The third-order valence-corrected chi connectivity index (χ3v) is 7.10. The average molecular weight is 420 g/mol. The lowest BCUT2D eigenvalue weighted by Gasteiger charge is -2.14. The standard InChI is InChI=1S/C28H23N2S/c1-20-12-14-22(15-13-20)25-17-27(23-10-6-3-7-11-23)30-24(16-21-8-4-2-5-9-21)19-31-28(30)26(25)18-29/h2-15,17,24H,16,19H2,1H3/q+1. The van der Waals surface area contributed by atoms with Crippen LogP contribution in [0.15, 0.2) is 96.0 Å². The third-order valence-electron chi connectivity index (χ3n) is 5.88. The highest BCUT2D eigenvalue weighted by molar-refractivity contribution is 7.99. The summed E-state index contributed by atoms with van der Waals surface area (Å²) in [4.78, 5) is 0. The van der Waals surface area contributed by atoms with Crippen LogP contribution in [0.4, 0.5) is 0 Å². The van der Waals surface area contributed by atoms with Crippen LogP contribution in [0.5, 0.6) is 0 Å². The van der Waals surface area contributed by atoms with Gasteiger partial charge < -0.3 is 0 Å². The predicted molar refractivity (Wildman–Crippen MR) is 127 cm³/mol. The van der Waals surface area contributed by atoms with E-state index in [0.29, 0.717) is 6.04 Å². The number of nitrogens with zero attached hydrogens (tertiary/aromatic N) is 2. The number of hydrogen-bond donors (Lipinski definition) is 0. The zero-order valence-electron chi connectivity index (χ0n) is 17.5. The molecular formula is C28H23N2S+. The Hall–Kier alpha value is -3.35. The summed E-state index contributed by atoms with van der Waals surface area (Å²) in [5.74, 6) is 0.973. The van der Waals surface area contributed by atoms with Gasteiger partial charge in [-0.05, 0) is 41.9 Å². The van der Waals surface area contributed by atoms with Gasteiger partial charge in [-0.2, -0.15) is 9.83 Å². The number of benzene rings is 3. The van der Waals surface area contributed by atoms with Gasteiger partial charge in [-0.1, -0.05) is 78.4 Å². The molecule has 0 aliphatic carbocycles. The van der Waals surface area contributed by atoms with Crippen molar-refractivity contribution in [3.63, 3.8) is 0 Å². The van der Waals surface area contributed by atoms with Crippen LogP contribution in [0.1, 0.15) is 22.7 Å². The molecular weight excluding hydrogens is 396 g/mol. The summed E-state index contributed by atoms with van der Waals surface area (Å²) < 4.78 is 2.41. The van der Waals surface area contributed by atoms with E-state index in [4.69, 9.17) is 0 Å². The first kappa shape index (κ1) is 19.6. The van der Waals surface area contributed by atoms with Crippen molar-refractivity contribution in [2.45, 2.75) is 24.4 Å². The van der Waals surface area contributed by atoms with Gasteiger partial charge in [0.25, 0.3) is 5.03 Å². The van der Waals surface area contributed by atoms with Crippen LogP contribution in [0.2, 0.25) is 0 Å². The maximum atomic E-state index is 10.2. The van der Waals surface area contributed by atoms with E-state index in [1.807, 2.05) is 11.8 Å². The molecule has 0 saturated carbocycles. The van der Waals surface area contributed by atoms with E-state index in [2.05, 4.69) is 109 Å². The van der Waals surface area contributed by atoms with E-state index >= 15 is 0 Å². The zero-order chi connectivity index (χ0) is 21.2. The number of rotatable bonds is 4. The minimum absolute atomic E-state index is 0.316. The van der Waals surface area contributed by atoms with Gasteiger partial charge in [0.05, 0.1) is 5.75 Å². The van der Waals surface area contributed by atoms with Crippen LogP contribution in [-0.4, -0.2) is 5.75 Å². The molecule has 1 aliphatic heterocycles. The first-order chi connectivity index (χ1) is 15.2. The molecule has 2 nitrogen and oxygen atoms in total. The number of thioether (sulfide) groups is 1. The minimum Gasteiger partial charge on any atom is -0.192 e. The smallest absolute Gasteiger partial charge is 0.192 e. The Morgan fingerprint density at radius 1 is 0.903 bits per heavy atom. The molecule has 1 atom stereocenters. The van der Waals surface area contributed by atoms with Crippen LogP contribution in [0, 0.1) is 18.3 Å². The van der Waals surface area contributed by atoms with E-state index in [-0.39, 0.29) is 0 Å². The Balaban J connectivity index is 1.71. The van der Waals surface area contributed by atoms with Crippen molar-refractivity contribution in [2.24, 2.45) is 0 Å². The second-order valence-electron chi connectivity index (χ2n) is 7.99. The van der Waals surface area contributed by atoms with Gasteiger partial charge in [-0.25, -0.2) is 0 Å². The summed E-state index contributed by atoms with van der Waals surface area (Å²) in [5.41, 5.74) is 7.80. The molecule has 2 heterocycles. The summed E-state index contributed by atoms with van der Waals surface area (Å²) in [7, 11) is 0. The molecule has 0 amide bonds. The lowest BCUT2D eigenvalue weighted by atomic mass is 9.97. The Labute approximate surface area is 187 Å². The van der Waals surface area contributed by atoms with Gasteiger partial charge in [0.15, 0.2) is 6.04 Å². The van der Waals surface area contributed by atoms with E-state index in [1.54, 1.807) is 0 Å². The van der Waals surface area contributed by atoms with Crippen molar-refractivity contribution >= 4 is 11.8 Å². The summed E-state index contributed by atoms with van der Waals surface area (Å²) in [6.45, 7) is 2.09. The summed E-state index contributed by atoms with van der Waals surface area (Å²) >= 11 is 1.81. The van der Waals surface area contributed by atoms with Crippen LogP contribution in [0.25, 0.3) is 22.4 Å². The number of hydrogen-bond acceptors (Lipinski definition) is 2. The van der Waals surface area contributed by atoms with E-state index < -0.39 is 0 Å². The lowest BCUT2D eigenvalue weighted by Crippen LogP contribution is -2.42. The summed E-state index contributed by atoms with van der Waals surface area (Å²) in [6.07, 6.45) is 0.958. The Bertz CT molecular complexity index is 1260. The minimum atomic E-state index is 0.316. The highest BCUT2D eigenvalue weighted by atomic mass is 32.2. The molecule has 3 aromatic carbocycles. The number of aromatic nitrogens is 1. The van der Waals surface area contributed by atoms with Crippen molar-refractivity contribution in [3.05, 3.63) is 108 Å².